The van der Waals surface area contributed by atoms with E-state index in [0.29, 0.717) is 16.2 Å². The van der Waals surface area contributed by atoms with Gasteiger partial charge in [0.25, 0.3) is 0 Å². The average molecular weight is 359 g/mol. The lowest BCUT2D eigenvalue weighted by Gasteiger charge is -2.50. The standard InChI is InChI=1S/C20H46OSi2/c1-13-19(5,6)16-20(7,18(2,3)4)17-23(11,12)15-14-21-22(8,9)10/h13-17H2,1-12H3. The molecule has 0 radical (unpaired) electrons. The zero-order valence-electron chi connectivity index (χ0n) is 18.4. The quantitative estimate of drug-likeness (QED) is 0.389. The summed E-state index contributed by atoms with van der Waals surface area (Å²) in [5, 5.41) is 0. The molecule has 23 heavy (non-hydrogen) atoms. The van der Waals surface area contributed by atoms with Gasteiger partial charge in [0.15, 0.2) is 8.32 Å². The molecule has 140 valence electrons. The molecule has 0 heterocycles. The van der Waals surface area contributed by atoms with Crippen molar-refractivity contribution in [3.8, 4) is 0 Å². The molecule has 3 heteroatoms. The van der Waals surface area contributed by atoms with E-state index in [2.05, 4.69) is 81.2 Å². The van der Waals surface area contributed by atoms with E-state index in [1.807, 2.05) is 0 Å². The van der Waals surface area contributed by atoms with Crippen molar-refractivity contribution in [2.24, 2.45) is 16.2 Å². The summed E-state index contributed by atoms with van der Waals surface area (Å²) in [6.07, 6.45) is 2.59. The van der Waals surface area contributed by atoms with Gasteiger partial charge in [-0.1, -0.05) is 74.0 Å². The van der Waals surface area contributed by atoms with Crippen molar-refractivity contribution in [2.75, 3.05) is 6.61 Å². The average Bonchev–Trinajstić information content (AvgIpc) is 2.23. The van der Waals surface area contributed by atoms with Gasteiger partial charge in [-0.2, -0.15) is 0 Å². The second kappa shape index (κ2) is 7.74. The minimum absolute atomic E-state index is 0.351. The molecule has 0 aliphatic heterocycles. The zero-order valence-corrected chi connectivity index (χ0v) is 20.4. The summed E-state index contributed by atoms with van der Waals surface area (Å²) in [6, 6.07) is 2.71. The molecular formula is C20H46OSi2. The third-order valence-corrected chi connectivity index (χ3v) is 10.2. The number of hydrogen-bond donors (Lipinski definition) is 0. The first-order valence-corrected chi connectivity index (χ1v) is 16.4. The first-order chi connectivity index (χ1) is 9.93. The molecule has 0 amide bonds. The van der Waals surface area contributed by atoms with Gasteiger partial charge in [-0.25, -0.2) is 0 Å². The molecule has 1 unspecified atom stereocenters. The highest BCUT2D eigenvalue weighted by Crippen LogP contribution is 2.52. The van der Waals surface area contributed by atoms with Gasteiger partial charge in [0.1, 0.15) is 0 Å². The summed E-state index contributed by atoms with van der Waals surface area (Å²) in [7, 11) is -2.64. The predicted molar refractivity (Wildman–Crippen MR) is 113 cm³/mol. The van der Waals surface area contributed by atoms with Crippen molar-refractivity contribution in [3.63, 3.8) is 0 Å². The smallest absolute Gasteiger partial charge is 0.183 e. The van der Waals surface area contributed by atoms with Gasteiger partial charge in [0.2, 0.25) is 0 Å². The van der Waals surface area contributed by atoms with Gasteiger partial charge in [-0.05, 0) is 48.4 Å². The van der Waals surface area contributed by atoms with Crippen LogP contribution in [0.1, 0.15) is 61.3 Å². The van der Waals surface area contributed by atoms with Crippen LogP contribution in [0.5, 0.6) is 0 Å². The maximum Gasteiger partial charge on any atom is 0.183 e. The third-order valence-electron chi connectivity index (χ3n) is 5.82. The first-order valence-electron chi connectivity index (χ1n) is 9.57. The van der Waals surface area contributed by atoms with Gasteiger partial charge in [0, 0.05) is 6.61 Å². The fourth-order valence-corrected chi connectivity index (χ4v) is 8.07. The van der Waals surface area contributed by atoms with E-state index in [0.717, 1.165) is 6.61 Å². The van der Waals surface area contributed by atoms with E-state index >= 15 is 0 Å². The van der Waals surface area contributed by atoms with Crippen molar-refractivity contribution in [3.05, 3.63) is 0 Å². The van der Waals surface area contributed by atoms with E-state index in [-0.39, 0.29) is 0 Å². The van der Waals surface area contributed by atoms with E-state index in [1.165, 1.54) is 24.9 Å². The van der Waals surface area contributed by atoms with E-state index < -0.39 is 16.4 Å². The molecule has 0 bridgehead atoms. The van der Waals surface area contributed by atoms with Gasteiger partial charge in [-0.3, -0.25) is 0 Å². The maximum absolute atomic E-state index is 6.16. The highest BCUT2D eigenvalue weighted by molar-refractivity contribution is 6.77. The van der Waals surface area contributed by atoms with Gasteiger partial charge in [0.05, 0.1) is 8.07 Å². The molecule has 0 aromatic rings. The Morgan fingerprint density at radius 1 is 0.826 bits per heavy atom. The zero-order chi connectivity index (χ0) is 18.7. The van der Waals surface area contributed by atoms with Crippen LogP contribution in [0, 0.1) is 16.2 Å². The lowest BCUT2D eigenvalue weighted by atomic mass is 9.61. The summed E-state index contributed by atoms with van der Waals surface area (Å²) < 4.78 is 6.16. The highest BCUT2D eigenvalue weighted by atomic mass is 28.4. The Kier molecular flexibility index (Phi) is 7.87. The molecule has 0 spiro atoms. The van der Waals surface area contributed by atoms with Crippen LogP contribution < -0.4 is 0 Å². The maximum atomic E-state index is 6.16. The summed E-state index contributed by atoms with van der Waals surface area (Å²) in [5.41, 5.74) is 1.19. The van der Waals surface area contributed by atoms with E-state index in [1.54, 1.807) is 0 Å². The van der Waals surface area contributed by atoms with Crippen molar-refractivity contribution < 1.29 is 4.43 Å². The molecule has 0 saturated carbocycles. The van der Waals surface area contributed by atoms with Crippen molar-refractivity contribution in [2.45, 2.75) is 106 Å². The van der Waals surface area contributed by atoms with Crippen LogP contribution in [0.25, 0.3) is 0 Å². The largest absolute Gasteiger partial charge is 0.418 e. The molecule has 1 nitrogen and oxygen atoms in total. The fourth-order valence-electron chi connectivity index (χ4n) is 3.55. The molecule has 0 aromatic heterocycles. The Labute approximate surface area is 150 Å². The van der Waals surface area contributed by atoms with Gasteiger partial charge < -0.3 is 4.43 Å². The summed E-state index contributed by atoms with van der Waals surface area (Å²) in [4.78, 5) is 0. The summed E-state index contributed by atoms with van der Waals surface area (Å²) in [6.45, 7) is 30.1. The van der Waals surface area contributed by atoms with Crippen molar-refractivity contribution >= 4 is 16.4 Å². The normalized spacial score (nSPS) is 17.2. The highest BCUT2D eigenvalue weighted by Gasteiger charge is 2.44. The Morgan fingerprint density at radius 2 is 1.30 bits per heavy atom. The van der Waals surface area contributed by atoms with Gasteiger partial charge >= 0.3 is 0 Å². The SMILES string of the molecule is CCC(C)(C)CC(C)(C[Si](C)(C)CCO[Si](C)(C)C)C(C)(C)C. The van der Waals surface area contributed by atoms with Crippen molar-refractivity contribution in [1.29, 1.82) is 0 Å². The summed E-state index contributed by atoms with van der Waals surface area (Å²) in [5.74, 6) is 0. The molecular weight excluding hydrogens is 312 g/mol. The van der Waals surface area contributed by atoms with E-state index in [9.17, 15) is 0 Å². The molecule has 0 aromatic carbocycles. The van der Waals surface area contributed by atoms with Crippen LogP contribution in [0.4, 0.5) is 0 Å². The second-order valence-electron chi connectivity index (χ2n) is 11.6. The van der Waals surface area contributed by atoms with Crippen LogP contribution in [0.3, 0.4) is 0 Å². The predicted octanol–water partition coefficient (Wildman–Crippen LogP) is 7.43. The molecule has 0 fully saturated rings. The second-order valence-corrected chi connectivity index (χ2v) is 21.3. The minimum Gasteiger partial charge on any atom is -0.418 e. The Hall–Kier alpha value is 0.394. The summed E-state index contributed by atoms with van der Waals surface area (Å²) >= 11 is 0. The lowest BCUT2D eigenvalue weighted by molar-refractivity contribution is 0.0640. The van der Waals surface area contributed by atoms with Crippen molar-refractivity contribution in [1.82, 2.24) is 0 Å². The van der Waals surface area contributed by atoms with Crippen LogP contribution in [0.2, 0.25) is 44.8 Å². The lowest BCUT2D eigenvalue weighted by Crippen LogP contribution is -2.44. The number of rotatable bonds is 9. The van der Waals surface area contributed by atoms with Crippen LogP contribution >= 0.6 is 0 Å². The fraction of sp³-hybridized carbons (Fsp3) is 1.00. The molecule has 1 atom stereocenters. The molecule has 0 saturated heterocycles. The molecule has 0 N–H and O–H groups in total. The molecule has 0 rings (SSSR count). The topological polar surface area (TPSA) is 9.23 Å². The third kappa shape index (κ3) is 8.88. The Bertz CT molecular complexity index is 361. The van der Waals surface area contributed by atoms with Crippen LogP contribution in [-0.4, -0.2) is 23.0 Å². The number of hydrogen-bond acceptors (Lipinski definition) is 1. The molecule has 0 aliphatic rings. The Morgan fingerprint density at radius 3 is 1.65 bits per heavy atom. The first kappa shape index (κ1) is 23.4. The minimum atomic E-state index is -1.37. The Balaban J connectivity index is 5.08. The van der Waals surface area contributed by atoms with E-state index in [4.69, 9.17) is 4.43 Å². The molecule has 0 aliphatic carbocycles. The van der Waals surface area contributed by atoms with Gasteiger partial charge in [-0.15, -0.1) is 0 Å². The van der Waals surface area contributed by atoms with Crippen LogP contribution in [-0.2, 0) is 4.43 Å². The monoisotopic (exact) mass is 358 g/mol. The van der Waals surface area contributed by atoms with Crippen LogP contribution in [0.15, 0.2) is 0 Å².